The van der Waals surface area contributed by atoms with Crippen LogP contribution in [0.4, 0.5) is 5.69 Å². The van der Waals surface area contributed by atoms with Crippen LogP contribution in [0.1, 0.15) is 40.5 Å². The minimum atomic E-state index is -0.840. The second-order valence-electron chi connectivity index (χ2n) is 6.24. The van der Waals surface area contributed by atoms with Gasteiger partial charge in [0, 0.05) is 23.6 Å². The van der Waals surface area contributed by atoms with Crippen molar-refractivity contribution in [1.82, 2.24) is 0 Å². The third-order valence-corrected chi connectivity index (χ3v) is 4.64. The highest BCUT2D eigenvalue weighted by molar-refractivity contribution is 6.06. The number of methoxy groups -OCH3 is 1. The molecule has 0 saturated heterocycles. The van der Waals surface area contributed by atoms with Crippen molar-refractivity contribution in [3.05, 3.63) is 36.4 Å². The molecule has 1 amide bonds. The van der Waals surface area contributed by atoms with Crippen LogP contribution < -0.4 is 10.1 Å². The van der Waals surface area contributed by atoms with Crippen LogP contribution >= 0.6 is 0 Å². The van der Waals surface area contributed by atoms with Crippen molar-refractivity contribution < 1.29 is 14.3 Å². The second-order valence-corrected chi connectivity index (χ2v) is 6.24. The van der Waals surface area contributed by atoms with Gasteiger partial charge in [0.1, 0.15) is 11.4 Å². The van der Waals surface area contributed by atoms with Gasteiger partial charge in [0.15, 0.2) is 0 Å². The molecule has 0 fully saturated rings. The Morgan fingerprint density at radius 3 is 2.42 bits per heavy atom. The first kappa shape index (κ1) is 18.3. The molecule has 2 aromatic rings. The highest BCUT2D eigenvalue weighted by Gasteiger charge is 2.31. The lowest BCUT2D eigenvalue weighted by molar-refractivity contribution is -0.136. The van der Waals surface area contributed by atoms with Gasteiger partial charge in [-0.15, -0.1) is 0 Å². The summed E-state index contributed by atoms with van der Waals surface area (Å²) in [5.74, 6) is 0.691. The summed E-state index contributed by atoms with van der Waals surface area (Å²) in [6, 6.07) is 11.7. The molecule has 0 spiro atoms. The fourth-order valence-electron chi connectivity index (χ4n) is 2.44. The Morgan fingerprint density at radius 1 is 1.17 bits per heavy atom. The lowest BCUT2D eigenvalue weighted by atomic mass is 10.0. The molecule has 0 radical (unpaired) electrons. The third kappa shape index (κ3) is 3.70. The van der Waals surface area contributed by atoms with Gasteiger partial charge in [-0.1, -0.05) is 38.1 Å². The topological polar surface area (TPSA) is 47.6 Å². The number of carbonyl (C=O) groups excluding carboxylic acids is 1. The molecule has 130 valence electrons. The van der Waals surface area contributed by atoms with E-state index in [1.807, 2.05) is 43.3 Å². The summed E-state index contributed by atoms with van der Waals surface area (Å²) in [5, 5.41) is 4.95. The zero-order valence-corrected chi connectivity index (χ0v) is 15.2. The predicted octanol–water partition coefficient (Wildman–Crippen LogP) is 4.77. The average molecular weight is 329 g/mol. The number of fused-ring (bicyclic) bond motifs is 1. The number of nitrogens with one attached hydrogen (secondary N) is 1. The summed E-state index contributed by atoms with van der Waals surface area (Å²) in [7, 11) is 1.56. The SMILES string of the molecule is CC[C@@H](C)Oc1ccc(NC(=O)[C@](C)(CC)OC)c2ccccc12. The van der Waals surface area contributed by atoms with Gasteiger partial charge >= 0.3 is 0 Å². The maximum atomic E-state index is 12.6. The largest absolute Gasteiger partial charge is 0.490 e. The van der Waals surface area contributed by atoms with Gasteiger partial charge in [0.05, 0.1) is 6.10 Å². The molecular formula is C20H27NO3. The lowest BCUT2D eigenvalue weighted by Gasteiger charge is -2.25. The van der Waals surface area contributed by atoms with E-state index in [1.165, 1.54) is 0 Å². The molecule has 0 aliphatic carbocycles. The Balaban J connectivity index is 2.39. The summed E-state index contributed by atoms with van der Waals surface area (Å²) in [4.78, 5) is 12.6. The molecule has 0 bridgehead atoms. The molecule has 2 rings (SSSR count). The highest BCUT2D eigenvalue weighted by atomic mass is 16.5. The molecule has 1 N–H and O–H groups in total. The predicted molar refractivity (Wildman–Crippen MR) is 98.7 cm³/mol. The van der Waals surface area contributed by atoms with E-state index in [2.05, 4.69) is 19.2 Å². The van der Waals surface area contributed by atoms with Crippen LogP contribution in [0.2, 0.25) is 0 Å². The summed E-state index contributed by atoms with van der Waals surface area (Å²) >= 11 is 0. The van der Waals surface area contributed by atoms with Crippen LogP contribution in [-0.4, -0.2) is 24.7 Å². The zero-order valence-electron chi connectivity index (χ0n) is 15.2. The van der Waals surface area contributed by atoms with Crippen LogP contribution in [0.3, 0.4) is 0 Å². The summed E-state index contributed by atoms with van der Waals surface area (Å²) in [6.07, 6.45) is 1.68. The average Bonchev–Trinajstić information content (AvgIpc) is 2.62. The monoisotopic (exact) mass is 329 g/mol. The highest BCUT2D eigenvalue weighted by Crippen LogP contribution is 2.33. The normalized spacial score (nSPS) is 14.9. The van der Waals surface area contributed by atoms with Gasteiger partial charge in [-0.2, -0.15) is 0 Å². The van der Waals surface area contributed by atoms with E-state index in [4.69, 9.17) is 9.47 Å². The van der Waals surface area contributed by atoms with Crippen LogP contribution in [0.25, 0.3) is 10.8 Å². The number of carbonyl (C=O) groups is 1. The fraction of sp³-hybridized carbons (Fsp3) is 0.450. The standard InChI is InChI=1S/C20H27NO3/c1-6-14(3)24-18-13-12-17(15-10-8-9-11-16(15)18)21-19(22)20(4,7-2)23-5/h8-14H,6-7H2,1-5H3,(H,21,22)/t14-,20+/m1/s1. The van der Waals surface area contributed by atoms with E-state index in [0.29, 0.717) is 6.42 Å². The molecule has 4 heteroatoms. The van der Waals surface area contributed by atoms with E-state index in [9.17, 15) is 4.79 Å². The van der Waals surface area contributed by atoms with Gasteiger partial charge in [-0.3, -0.25) is 4.79 Å². The molecule has 0 aromatic heterocycles. The van der Waals surface area contributed by atoms with E-state index >= 15 is 0 Å². The summed E-state index contributed by atoms with van der Waals surface area (Å²) < 4.78 is 11.4. The Kier molecular flexibility index (Phi) is 5.84. The van der Waals surface area contributed by atoms with Gasteiger partial charge in [0.25, 0.3) is 5.91 Å². The van der Waals surface area contributed by atoms with Crippen molar-refractivity contribution in [2.24, 2.45) is 0 Å². The Bertz CT molecular complexity index is 707. The number of hydrogen-bond donors (Lipinski definition) is 1. The van der Waals surface area contributed by atoms with Gasteiger partial charge < -0.3 is 14.8 Å². The van der Waals surface area contributed by atoms with Gasteiger partial charge in [-0.25, -0.2) is 0 Å². The second kappa shape index (κ2) is 7.67. The Morgan fingerprint density at radius 2 is 1.83 bits per heavy atom. The van der Waals surface area contributed by atoms with Crippen molar-refractivity contribution in [1.29, 1.82) is 0 Å². The summed E-state index contributed by atoms with van der Waals surface area (Å²) in [5.41, 5.74) is -0.0728. The minimum absolute atomic E-state index is 0.144. The van der Waals surface area contributed by atoms with Crippen molar-refractivity contribution in [2.75, 3.05) is 12.4 Å². The maximum absolute atomic E-state index is 12.6. The molecule has 24 heavy (non-hydrogen) atoms. The van der Waals surface area contributed by atoms with Gasteiger partial charge in [0.2, 0.25) is 0 Å². The number of rotatable bonds is 7. The number of ether oxygens (including phenoxy) is 2. The Hall–Kier alpha value is -2.07. The number of hydrogen-bond acceptors (Lipinski definition) is 3. The van der Waals surface area contributed by atoms with Gasteiger partial charge in [-0.05, 0) is 38.8 Å². The first-order valence-corrected chi connectivity index (χ1v) is 8.50. The van der Waals surface area contributed by atoms with E-state index in [0.717, 1.165) is 28.6 Å². The van der Waals surface area contributed by atoms with Crippen molar-refractivity contribution in [3.63, 3.8) is 0 Å². The van der Waals surface area contributed by atoms with Crippen LogP contribution in [-0.2, 0) is 9.53 Å². The lowest BCUT2D eigenvalue weighted by Crippen LogP contribution is -2.41. The fourth-order valence-corrected chi connectivity index (χ4v) is 2.44. The van der Waals surface area contributed by atoms with Crippen molar-refractivity contribution in [3.8, 4) is 5.75 Å². The number of anilines is 1. The van der Waals surface area contributed by atoms with E-state index < -0.39 is 5.60 Å². The van der Waals surface area contributed by atoms with Crippen molar-refractivity contribution in [2.45, 2.75) is 52.2 Å². The molecule has 0 aliphatic heterocycles. The third-order valence-electron chi connectivity index (χ3n) is 4.64. The smallest absolute Gasteiger partial charge is 0.256 e. The number of amides is 1. The van der Waals surface area contributed by atoms with Crippen molar-refractivity contribution >= 4 is 22.4 Å². The summed E-state index contributed by atoms with van der Waals surface area (Å²) in [6.45, 7) is 7.88. The maximum Gasteiger partial charge on any atom is 0.256 e. The van der Waals surface area contributed by atoms with E-state index in [-0.39, 0.29) is 12.0 Å². The molecule has 2 aromatic carbocycles. The van der Waals surface area contributed by atoms with E-state index in [1.54, 1.807) is 14.0 Å². The van der Waals surface area contributed by atoms with Crippen LogP contribution in [0, 0.1) is 0 Å². The Labute approximate surface area is 144 Å². The molecule has 4 nitrogen and oxygen atoms in total. The van der Waals surface area contributed by atoms with Crippen LogP contribution in [0.5, 0.6) is 5.75 Å². The quantitative estimate of drug-likeness (QED) is 0.796. The molecular weight excluding hydrogens is 302 g/mol. The zero-order chi connectivity index (χ0) is 17.7. The molecule has 0 heterocycles. The minimum Gasteiger partial charge on any atom is -0.490 e. The number of benzene rings is 2. The first-order chi connectivity index (χ1) is 11.4. The molecule has 0 aliphatic rings. The first-order valence-electron chi connectivity index (χ1n) is 8.50. The molecule has 2 atom stereocenters. The van der Waals surface area contributed by atoms with Crippen LogP contribution in [0.15, 0.2) is 36.4 Å². The molecule has 0 saturated carbocycles. The molecule has 0 unspecified atom stereocenters.